The number of rotatable bonds is 6. The van der Waals surface area contributed by atoms with Crippen molar-refractivity contribution >= 4 is 0 Å². The lowest BCUT2D eigenvalue weighted by Gasteiger charge is -2.30. The number of benzene rings is 7. The molecule has 0 N–H and O–H groups in total. The highest BCUT2D eigenvalue weighted by Crippen LogP contribution is 2.56. The third-order valence-corrected chi connectivity index (χ3v) is 11.7. The van der Waals surface area contributed by atoms with Crippen molar-refractivity contribution in [2.75, 3.05) is 0 Å². The molecule has 0 bridgehead atoms. The zero-order valence-corrected chi connectivity index (χ0v) is 36.7. The Kier molecular flexibility index (Phi) is 11.5. The first-order valence-electron chi connectivity index (χ1n) is 20.9. The van der Waals surface area contributed by atoms with Crippen LogP contribution in [0.2, 0.25) is 0 Å². The molecule has 0 amide bonds. The molecule has 0 radical (unpaired) electrons. The Hall–Kier alpha value is -5.88. The van der Waals surface area contributed by atoms with Crippen molar-refractivity contribution in [2.45, 2.75) is 90.9 Å². The number of alkyl halides is 6. The second-order valence-electron chi connectivity index (χ2n) is 19.2. The van der Waals surface area contributed by atoms with E-state index in [1.165, 1.54) is 24.3 Å². The van der Waals surface area contributed by atoms with Gasteiger partial charge in [0.15, 0.2) is 0 Å². The van der Waals surface area contributed by atoms with Crippen LogP contribution in [0.25, 0.3) is 66.8 Å². The van der Waals surface area contributed by atoms with Crippen molar-refractivity contribution < 1.29 is 26.3 Å². The quantitative estimate of drug-likeness (QED) is 0.146. The van der Waals surface area contributed by atoms with Crippen molar-refractivity contribution in [1.82, 2.24) is 0 Å². The van der Waals surface area contributed by atoms with E-state index >= 15 is 0 Å². The fourth-order valence-corrected chi connectivity index (χ4v) is 8.15. The molecule has 0 unspecified atom stereocenters. The molecule has 318 valence electrons. The summed E-state index contributed by atoms with van der Waals surface area (Å²) in [6.07, 6.45) is -9.14. The molecule has 6 heteroatoms. The summed E-state index contributed by atoms with van der Waals surface area (Å²) in [7, 11) is 0. The Labute approximate surface area is 362 Å². The molecule has 0 saturated carbocycles. The van der Waals surface area contributed by atoms with E-state index in [2.05, 4.69) is 123 Å². The van der Waals surface area contributed by atoms with E-state index in [4.69, 9.17) is 0 Å². The monoisotopic (exact) mass is 838 g/mol. The topological polar surface area (TPSA) is 0 Å². The highest BCUT2D eigenvalue weighted by Gasteiger charge is 2.34. The van der Waals surface area contributed by atoms with Gasteiger partial charge in [0.1, 0.15) is 0 Å². The van der Waals surface area contributed by atoms with Crippen molar-refractivity contribution in [3.05, 3.63) is 179 Å². The zero-order chi connectivity index (χ0) is 45.0. The van der Waals surface area contributed by atoms with Crippen LogP contribution in [0, 0.1) is 0 Å². The first kappa shape index (κ1) is 44.2. The maximum Gasteiger partial charge on any atom is 0.416 e. The van der Waals surface area contributed by atoms with E-state index in [0.29, 0.717) is 27.8 Å². The van der Waals surface area contributed by atoms with E-state index in [9.17, 15) is 26.3 Å². The highest BCUT2D eigenvalue weighted by molar-refractivity contribution is 6.15. The molecule has 7 rings (SSSR count). The third-order valence-electron chi connectivity index (χ3n) is 11.7. The SMILES string of the molecule is CC(C)(C)c1ccc(-c2c(-c3ccccc3)c(-c3ccc(C(C)(C)C)cc3)c(-c3ccc(C(F)(F)F)cc3)c(-c3ccc(C(C)(C)C)cc3)c2-c2ccc(C(F)(F)F)cc2)cc1. The van der Waals surface area contributed by atoms with Crippen LogP contribution >= 0.6 is 0 Å². The van der Waals surface area contributed by atoms with Gasteiger partial charge >= 0.3 is 12.4 Å². The van der Waals surface area contributed by atoms with Crippen LogP contribution < -0.4 is 0 Å². The lowest BCUT2D eigenvalue weighted by atomic mass is 9.73. The summed E-state index contributed by atoms with van der Waals surface area (Å²) < 4.78 is 85.4. The van der Waals surface area contributed by atoms with Crippen LogP contribution in [0.3, 0.4) is 0 Å². The number of hydrogen-bond donors (Lipinski definition) is 0. The molecule has 0 atom stereocenters. The van der Waals surface area contributed by atoms with Gasteiger partial charge < -0.3 is 0 Å². The van der Waals surface area contributed by atoms with Crippen molar-refractivity contribution in [1.29, 1.82) is 0 Å². The maximum atomic E-state index is 14.2. The number of hydrogen-bond acceptors (Lipinski definition) is 0. The molecule has 0 saturated heterocycles. The summed E-state index contributed by atoms with van der Waals surface area (Å²) in [6, 6.07) is 45.2. The van der Waals surface area contributed by atoms with Crippen LogP contribution in [0.4, 0.5) is 26.3 Å². The molecular weight excluding hydrogens is 787 g/mol. The smallest absolute Gasteiger partial charge is 0.166 e. The van der Waals surface area contributed by atoms with Gasteiger partial charge in [-0.2, -0.15) is 26.3 Å². The molecule has 0 aliphatic carbocycles. The largest absolute Gasteiger partial charge is 0.416 e. The zero-order valence-electron chi connectivity index (χ0n) is 36.7. The Bertz CT molecular complexity index is 2520. The fraction of sp³-hybridized carbons (Fsp3) is 0.250. The molecule has 0 aliphatic heterocycles. The van der Waals surface area contributed by atoms with Crippen LogP contribution in [-0.4, -0.2) is 0 Å². The maximum absolute atomic E-state index is 14.2. The summed E-state index contributed by atoms with van der Waals surface area (Å²) in [5, 5.41) is 0. The Morgan fingerprint density at radius 2 is 0.403 bits per heavy atom. The molecule has 0 aromatic heterocycles. The van der Waals surface area contributed by atoms with E-state index in [-0.39, 0.29) is 16.2 Å². The van der Waals surface area contributed by atoms with Gasteiger partial charge in [-0.1, -0.05) is 190 Å². The van der Waals surface area contributed by atoms with Gasteiger partial charge in [-0.3, -0.25) is 0 Å². The molecule has 0 heterocycles. The minimum Gasteiger partial charge on any atom is -0.166 e. The molecule has 0 fully saturated rings. The van der Waals surface area contributed by atoms with Crippen molar-refractivity contribution in [2.24, 2.45) is 0 Å². The molecule has 62 heavy (non-hydrogen) atoms. The van der Waals surface area contributed by atoms with Gasteiger partial charge in [0.25, 0.3) is 0 Å². The lowest BCUT2D eigenvalue weighted by Crippen LogP contribution is -2.11. The average molecular weight is 839 g/mol. The Morgan fingerprint density at radius 1 is 0.226 bits per heavy atom. The van der Waals surface area contributed by atoms with Crippen molar-refractivity contribution in [3.8, 4) is 66.8 Å². The van der Waals surface area contributed by atoms with Crippen LogP contribution in [0.15, 0.2) is 152 Å². The van der Waals surface area contributed by atoms with E-state index in [1.807, 2.05) is 42.5 Å². The van der Waals surface area contributed by atoms with E-state index < -0.39 is 23.5 Å². The normalized spacial score (nSPS) is 12.8. The standard InChI is InChI=1S/C56H52F6/c1-52(2,3)41-25-15-36(16-26-41)47-46(35-13-11-10-12-14-35)48(37-17-27-42(28-18-37)53(4,5)6)51(40-23-33-45(34-24-40)56(60,61)62)49(38-19-29-43(30-20-38)54(7,8)9)50(47)39-21-31-44(32-22-39)55(57,58)59/h10-34H,1-9H3. The first-order chi connectivity index (χ1) is 28.9. The molecule has 7 aromatic rings. The summed E-state index contributed by atoms with van der Waals surface area (Å²) >= 11 is 0. The molecule has 0 nitrogen and oxygen atoms in total. The minimum atomic E-state index is -4.57. The summed E-state index contributed by atoms with van der Waals surface area (Å²) in [4.78, 5) is 0. The fourth-order valence-electron chi connectivity index (χ4n) is 8.15. The van der Waals surface area contributed by atoms with Gasteiger partial charge in [-0.05, 0) is 124 Å². The first-order valence-corrected chi connectivity index (χ1v) is 20.9. The molecular formula is C56H52F6. The predicted octanol–water partition coefficient (Wildman–Crippen LogP) is 17.6. The molecule has 7 aromatic carbocycles. The average Bonchev–Trinajstić information content (AvgIpc) is 3.21. The van der Waals surface area contributed by atoms with Crippen molar-refractivity contribution in [3.63, 3.8) is 0 Å². The van der Waals surface area contributed by atoms with Crippen LogP contribution in [0.1, 0.15) is 90.1 Å². The van der Waals surface area contributed by atoms with Crippen LogP contribution in [0.5, 0.6) is 0 Å². The van der Waals surface area contributed by atoms with E-state index in [0.717, 1.165) is 79.9 Å². The Morgan fingerprint density at radius 3 is 0.581 bits per heavy atom. The lowest BCUT2D eigenvalue weighted by molar-refractivity contribution is -0.138. The van der Waals surface area contributed by atoms with Crippen LogP contribution in [-0.2, 0) is 28.6 Å². The number of halogens is 6. The Balaban J connectivity index is 1.78. The molecule has 0 aliphatic rings. The van der Waals surface area contributed by atoms with Gasteiger partial charge in [0.2, 0.25) is 0 Å². The highest BCUT2D eigenvalue weighted by atomic mass is 19.4. The predicted molar refractivity (Wildman–Crippen MR) is 245 cm³/mol. The second-order valence-corrected chi connectivity index (χ2v) is 19.2. The summed E-state index contributed by atoms with van der Waals surface area (Å²) in [5.74, 6) is 0. The van der Waals surface area contributed by atoms with Gasteiger partial charge in [-0.15, -0.1) is 0 Å². The minimum absolute atomic E-state index is 0.163. The van der Waals surface area contributed by atoms with E-state index in [1.54, 1.807) is 0 Å². The third kappa shape index (κ3) is 9.02. The van der Waals surface area contributed by atoms with Gasteiger partial charge in [0, 0.05) is 0 Å². The molecule has 0 spiro atoms. The second kappa shape index (κ2) is 16.1. The summed E-state index contributed by atoms with van der Waals surface area (Å²) in [5.41, 5.74) is 9.94. The summed E-state index contributed by atoms with van der Waals surface area (Å²) in [6.45, 7) is 19.2. The van der Waals surface area contributed by atoms with Gasteiger partial charge in [0.05, 0.1) is 11.1 Å². The van der Waals surface area contributed by atoms with Gasteiger partial charge in [-0.25, -0.2) is 0 Å².